The molecule has 0 aliphatic heterocycles. The molecule has 1 N–H and O–H groups in total. The number of nitrogens with one attached hydrogen (secondary N) is 1. The first-order valence-electron chi connectivity index (χ1n) is 6.36. The number of fused-ring (bicyclic) bond motifs is 1. The highest BCUT2D eigenvalue weighted by atomic mass is 15.3. The van der Waals surface area contributed by atoms with Gasteiger partial charge in [0.25, 0.3) is 0 Å². The molecule has 2 rings (SSSR count). The number of benzene rings is 1. The fraction of sp³-hybridized carbons (Fsp3) is 0.400. The Morgan fingerprint density at radius 2 is 2.22 bits per heavy atom. The van der Waals surface area contributed by atoms with Crippen molar-refractivity contribution >= 4 is 10.9 Å². The van der Waals surface area contributed by atoms with Gasteiger partial charge in [-0.1, -0.05) is 25.1 Å². The largest absolute Gasteiger partial charge is 0.308 e. The summed E-state index contributed by atoms with van der Waals surface area (Å²) in [6.07, 6.45) is 7.22. The SMILES string of the molecule is C#CCC(NCCC)c1nn(C)c2ccccc12. The maximum atomic E-state index is 5.46. The van der Waals surface area contributed by atoms with E-state index in [4.69, 9.17) is 6.42 Å². The maximum absolute atomic E-state index is 5.46. The van der Waals surface area contributed by atoms with Crippen LogP contribution in [0.3, 0.4) is 0 Å². The third kappa shape index (κ3) is 2.39. The second kappa shape index (κ2) is 5.70. The quantitative estimate of drug-likeness (QED) is 0.816. The summed E-state index contributed by atoms with van der Waals surface area (Å²) < 4.78 is 1.92. The number of rotatable bonds is 5. The number of para-hydroxylation sites is 1. The Morgan fingerprint density at radius 1 is 1.44 bits per heavy atom. The number of aryl methyl sites for hydroxylation is 1. The van der Waals surface area contributed by atoms with E-state index in [1.54, 1.807) is 0 Å². The van der Waals surface area contributed by atoms with E-state index in [-0.39, 0.29) is 6.04 Å². The standard InChI is InChI=1S/C15H19N3/c1-4-8-13(16-11-5-2)15-12-9-6-7-10-14(12)18(3)17-15/h1,6-7,9-10,13,16H,5,8,11H2,2-3H3. The summed E-state index contributed by atoms with van der Waals surface area (Å²) in [5, 5.41) is 9.28. The summed E-state index contributed by atoms with van der Waals surface area (Å²) in [6.45, 7) is 3.10. The van der Waals surface area contributed by atoms with Gasteiger partial charge >= 0.3 is 0 Å². The molecule has 2 aromatic rings. The maximum Gasteiger partial charge on any atom is 0.0882 e. The molecule has 0 aliphatic carbocycles. The van der Waals surface area contributed by atoms with Crippen molar-refractivity contribution < 1.29 is 0 Å². The highest BCUT2D eigenvalue weighted by Crippen LogP contribution is 2.24. The number of hydrogen-bond acceptors (Lipinski definition) is 2. The van der Waals surface area contributed by atoms with E-state index in [0.29, 0.717) is 6.42 Å². The van der Waals surface area contributed by atoms with Gasteiger partial charge in [-0.15, -0.1) is 12.3 Å². The number of terminal acetylenes is 1. The van der Waals surface area contributed by atoms with E-state index >= 15 is 0 Å². The van der Waals surface area contributed by atoms with Gasteiger partial charge in [-0.2, -0.15) is 5.10 Å². The van der Waals surface area contributed by atoms with Gasteiger partial charge in [0, 0.05) is 18.9 Å². The lowest BCUT2D eigenvalue weighted by Crippen LogP contribution is -2.22. The summed E-state index contributed by atoms with van der Waals surface area (Å²) in [6, 6.07) is 8.40. The fourth-order valence-corrected chi connectivity index (χ4v) is 2.20. The first kappa shape index (κ1) is 12.7. The Balaban J connectivity index is 2.41. The van der Waals surface area contributed by atoms with Crippen molar-refractivity contribution in [2.45, 2.75) is 25.8 Å². The molecule has 0 fully saturated rings. The molecule has 94 valence electrons. The van der Waals surface area contributed by atoms with Gasteiger partial charge in [0.15, 0.2) is 0 Å². The lowest BCUT2D eigenvalue weighted by atomic mass is 10.1. The van der Waals surface area contributed by atoms with Gasteiger partial charge in [0.05, 0.1) is 17.3 Å². The highest BCUT2D eigenvalue weighted by Gasteiger charge is 2.17. The molecule has 0 spiro atoms. The van der Waals surface area contributed by atoms with Crippen LogP contribution in [0, 0.1) is 12.3 Å². The van der Waals surface area contributed by atoms with E-state index < -0.39 is 0 Å². The van der Waals surface area contributed by atoms with E-state index in [1.807, 2.05) is 23.9 Å². The van der Waals surface area contributed by atoms with Crippen LogP contribution in [0.15, 0.2) is 24.3 Å². The molecule has 0 aliphatic rings. The lowest BCUT2D eigenvalue weighted by molar-refractivity contribution is 0.526. The van der Waals surface area contributed by atoms with Crippen LogP contribution in [0.2, 0.25) is 0 Å². The Bertz CT molecular complexity index is 563. The molecule has 1 unspecified atom stereocenters. The van der Waals surface area contributed by atoms with Crippen LogP contribution in [-0.2, 0) is 7.05 Å². The van der Waals surface area contributed by atoms with Crippen LogP contribution in [-0.4, -0.2) is 16.3 Å². The average Bonchev–Trinajstić information content (AvgIpc) is 2.73. The third-order valence-electron chi connectivity index (χ3n) is 3.08. The van der Waals surface area contributed by atoms with Crippen molar-refractivity contribution in [2.75, 3.05) is 6.54 Å². The molecule has 0 saturated carbocycles. The predicted octanol–water partition coefficient (Wildman–Crippen LogP) is 2.64. The van der Waals surface area contributed by atoms with Crippen molar-refractivity contribution in [2.24, 2.45) is 7.05 Å². The molecule has 3 nitrogen and oxygen atoms in total. The van der Waals surface area contributed by atoms with Gasteiger partial charge in [-0.05, 0) is 19.0 Å². The Hall–Kier alpha value is -1.79. The number of hydrogen-bond donors (Lipinski definition) is 1. The molecule has 1 aromatic heterocycles. The van der Waals surface area contributed by atoms with Crippen LogP contribution in [0.1, 0.15) is 31.5 Å². The average molecular weight is 241 g/mol. The van der Waals surface area contributed by atoms with Crippen molar-refractivity contribution in [3.8, 4) is 12.3 Å². The summed E-state index contributed by atoms with van der Waals surface area (Å²) >= 11 is 0. The second-order valence-corrected chi connectivity index (χ2v) is 4.44. The van der Waals surface area contributed by atoms with Gasteiger partial charge in [-0.25, -0.2) is 0 Å². The van der Waals surface area contributed by atoms with Crippen LogP contribution in [0.4, 0.5) is 0 Å². The monoisotopic (exact) mass is 241 g/mol. The molecular weight excluding hydrogens is 222 g/mol. The first-order valence-corrected chi connectivity index (χ1v) is 6.36. The molecule has 0 radical (unpaired) electrons. The van der Waals surface area contributed by atoms with E-state index in [2.05, 4.69) is 35.4 Å². The van der Waals surface area contributed by atoms with Crippen LogP contribution in [0.5, 0.6) is 0 Å². The van der Waals surface area contributed by atoms with E-state index in [0.717, 1.165) is 24.2 Å². The van der Waals surface area contributed by atoms with Crippen LogP contribution in [0.25, 0.3) is 10.9 Å². The van der Waals surface area contributed by atoms with Gasteiger partial charge < -0.3 is 5.32 Å². The van der Waals surface area contributed by atoms with Gasteiger partial charge in [-0.3, -0.25) is 4.68 Å². The molecule has 1 aromatic carbocycles. The first-order chi connectivity index (χ1) is 8.77. The topological polar surface area (TPSA) is 29.9 Å². The molecule has 18 heavy (non-hydrogen) atoms. The summed E-state index contributed by atoms with van der Waals surface area (Å²) in [5.74, 6) is 2.74. The van der Waals surface area contributed by atoms with Gasteiger partial charge in [0.2, 0.25) is 0 Å². The molecule has 1 heterocycles. The summed E-state index contributed by atoms with van der Waals surface area (Å²) in [4.78, 5) is 0. The minimum Gasteiger partial charge on any atom is -0.308 e. The number of nitrogens with zero attached hydrogens (tertiary/aromatic N) is 2. The van der Waals surface area contributed by atoms with Crippen LogP contribution >= 0.6 is 0 Å². The Labute approximate surface area is 108 Å². The zero-order chi connectivity index (χ0) is 13.0. The van der Waals surface area contributed by atoms with E-state index in [1.165, 1.54) is 5.39 Å². The molecular formula is C15H19N3. The molecule has 0 bridgehead atoms. The molecule has 3 heteroatoms. The van der Waals surface area contributed by atoms with Crippen molar-refractivity contribution in [3.05, 3.63) is 30.0 Å². The number of aromatic nitrogens is 2. The normalized spacial score (nSPS) is 12.5. The van der Waals surface area contributed by atoms with Crippen molar-refractivity contribution in [3.63, 3.8) is 0 Å². The third-order valence-corrected chi connectivity index (χ3v) is 3.08. The second-order valence-electron chi connectivity index (χ2n) is 4.44. The zero-order valence-corrected chi connectivity index (χ0v) is 11.0. The minimum atomic E-state index is 0.140. The molecule has 0 saturated heterocycles. The smallest absolute Gasteiger partial charge is 0.0882 e. The Kier molecular flexibility index (Phi) is 4.01. The molecule has 0 amide bonds. The zero-order valence-electron chi connectivity index (χ0n) is 11.0. The summed E-state index contributed by atoms with van der Waals surface area (Å²) in [7, 11) is 1.97. The van der Waals surface area contributed by atoms with Gasteiger partial charge in [0.1, 0.15) is 0 Å². The van der Waals surface area contributed by atoms with Crippen molar-refractivity contribution in [1.29, 1.82) is 0 Å². The van der Waals surface area contributed by atoms with E-state index in [9.17, 15) is 0 Å². The molecule has 1 atom stereocenters. The minimum absolute atomic E-state index is 0.140. The highest BCUT2D eigenvalue weighted by molar-refractivity contribution is 5.82. The predicted molar refractivity (Wildman–Crippen MR) is 75.2 cm³/mol. The fourth-order valence-electron chi connectivity index (χ4n) is 2.20. The van der Waals surface area contributed by atoms with Crippen LogP contribution < -0.4 is 5.32 Å². The lowest BCUT2D eigenvalue weighted by Gasteiger charge is -2.13. The summed E-state index contributed by atoms with van der Waals surface area (Å²) in [5.41, 5.74) is 2.20. The Morgan fingerprint density at radius 3 is 2.94 bits per heavy atom. The van der Waals surface area contributed by atoms with Crippen molar-refractivity contribution in [1.82, 2.24) is 15.1 Å².